The highest BCUT2D eigenvalue weighted by Gasteiger charge is 2.17. The Morgan fingerprint density at radius 3 is 2.56 bits per heavy atom. The zero-order chi connectivity index (χ0) is 13.6. The lowest BCUT2D eigenvalue weighted by molar-refractivity contribution is 0.575. The fraction of sp³-hybridized carbons (Fsp3) is 0.636. The van der Waals surface area contributed by atoms with Gasteiger partial charge in [-0.15, -0.1) is 22.9 Å². The molecule has 0 bridgehead atoms. The molecule has 1 aromatic heterocycles. The molecule has 0 fully saturated rings. The lowest BCUT2D eigenvalue weighted by Gasteiger charge is -2.04. The minimum atomic E-state index is -3.34. The Bertz CT molecular complexity index is 454. The highest BCUT2D eigenvalue weighted by atomic mass is 79.9. The van der Waals surface area contributed by atoms with Crippen molar-refractivity contribution in [1.29, 1.82) is 0 Å². The number of halogens is 2. The van der Waals surface area contributed by atoms with Gasteiger partial charge in [-0.2, -0.15) is 0 Å². The quantitative estimate of drug-likeness (QED) is 0.554. The Morgan fingerprint density at radius 1 is 1.33 bits per heavy atom. The fourth-order valence-corrected chi connectivity index (χ4v) is 4.95. The number of alkyl halides is 1. The first kappa shape index (κ1) is 16.4. The van der Waals surface area contributed by atoms with Gasteiger partial charge in [0.2, 0.25) is 10.0 Å². The first-order chi connectivity index (χ1) is 8.47. The molecule has 0 saturated carbocycles. The molecule has 1 N–H and O–H groups in total. The first-order valence-corrected chi connectivity index (χ1v) is 9.41. The van der Waals surface area contributed by atoms with E-state index in [1.807, 2.05) is 6.92 Å². The molecule has 18 heavy (non-hydrogen) atoms. The fourth-order valence-electron chi connectivity index (χ4n) is 1.41. The van der Waals surface area contributed by atoms with Crippen molar-refractivity contribution in [2.75, 3.05) is 12.4 Å². The summed E-state index contributed by atoms with van der Waals surface area (Å²) in [5.41, 5.74) is 0.947. The molecule has 0 spiro atoms. The zero-order valence-electron chi connectivity index (χ0n) is 10.2. The maximum absolute atomic E-state index is 11.9. The number of aryl methyl sites for hydroxylation is 1. The van der Waals surface area contributed by atoms with Crippen molar-refractivity contribution in [3.8, 4) is 0 Å². The standard InChI is InChI=1S/C11H17BrClNO2S2/c1-9-8-10(17-11(9)12)18(15,16)14-7-5-3-2-4-6-13/h8,14H,2-7H2,1H3. The molecule has 0 aromatic carbocycles. The average molecular weight is 375 g/mol. The van der Waals surface area contributed by atoms with Crippen molar-refractivity contribution in [2.45, 2.75) is 36.8 Å². The number of hydrogen-bond donors (Lipinski definition) is 1. The van der Waals surface area contributed by atoms with E-state index in [9.17, 15) is 8.42 Å². The van der Waals surface area contributed by atoms with E-state index in [0.717, 1.165) is 35.0 Å². The van der Waals surface area contributed by atoms with Crippen LogP contribution in [0.25, 0.3) is 0 Å². The molecule has 3 nitrogen and oxygen atoms in total. The van der Waals surface area contributed by atoms with Gasteiger partial charge in [-0.1, -0.05) is 12.8 Å². The van der Waals surface area contributed by atoms with Gasteiger partial charge in [0.25, 0.3) is 0 Å². The summed E-state index contributed by atoms with van der Waals surface area (Å²) in [6.07, 6.45) is 3.89. The Kier molecular flexibility index (Phi) is 7.16. The number of sulfonamides is 1. The van der Waals surface area contributed by atoms with Crippen LogP contribution in [0.5, 0.6) is 0 Å². The number of unbranched alkanes of at least 4 members (excludes halogenated alkanes) is 3. The Morgan fingerprint density at radius 2 is 2.00 bits per heavy atom. The van der Waals surface area contributed by atoms with Gasteiger partial charge in [0.05, 0.1) is 3.79 Å². The Labute approximate surface area is 126 Å². The monoisotopic (exact) mass is 373 g/mol. The van der Waals surface area contributed by atoms with Crippen LogP contribution in [0.15, 0.2) is 14.1 Å². The highest BCUT2D eigenvalue weighted by molar-refractivity contribution is 9.11. The predicted molar refractivity (Wildman–Crippen MR) is 81.1 cm³/mol. The molecule has 0 atom stereocenters. The van der Waals surface area contributed by atoms with Gasteiger partial charge in [-0.25, -0.2) is 13.1 Å². The molecule has 0 aliphatic rings. The van der Waals surface area contributed by atoms with Gasteiger partial charge >= 0.3 is 0 Å². The lowest BCUT2D eigenvalue weighted by Crippen LogP contribution is -2.23. The average Bonchev–Trinajstić information content (AvgIpc) is 2.65. The molecule has 0 unspecified atom stereocenters. The molecule has 0 saturated heterocycles. The Balaban J connectivity index is 2.41. The largest absolute Gasteiger partial charge is 0.250 e. The maximum atomic E-state index is 11.9. The Hall–Kier alpha value is 0.380. The second-order valence-electron chi connectivity index (χ2n) is 4.02. The van der Waals surface area contributed by atoms with Crippen molar-refractivity contribution >= 4 is 48.9 Å². The number of nitrogens with one attached hydrogen (secondary N) is 1. The van der Waals surface area contributed by atoms with Crippen molar-refractivity contribution in [3.63, 3.8) is 0 Å². The molecule has 0 amide bonds. The summed E-state index contributed by atoms with van der Waals surface area (Å²) in [5, 5.41) is 0. The van der Waals surface area contributed by atoms with Crippen LogP contribution in [-0.2, 0) is 10.0 Å². The molecule has 1 rings (SSSR count). The molecule has 0 aliphatic carbocycles. The van der Waals surface area contributed by atoms with E-state index in [1.165, 1.54) is 11.3 Å². The number of hydrogen-bond acceptors (Lipinski definition) is 3. The summed E-state index contributed by atoms with van der Waals surface area (Å²) < 4.78 is 27.7. The van der Waals surface area contributed by atoms with Crippen LogP contribution < -0.4 is 4.72 Å². The van der Waals surface area contributed by atoms with Crippen LogP contribution in [0, 0.1) is 6.92 Å². The zero-order valence-corrected chi connectivity index (χ0v) is 14.2. The van der Waals surface area contributed by atoms with Crippen LogP contribution in [0.4, 0.5) is 0 Å². The first-order valence-electron chi connectivity index (χ1n) is 5.79. The minimum absolute atomic E-state index is 0.368. The topological polar surface area (TPSA) is 46.2 Å². The molecule has 104 valence electrons. The number of rotatable bonds is 8. The van der Waals surface area contributed by atoms with Crippen LogP contribution >= 0.6 is 38.9 Å². The molecule has 0 radical (unpaired) electrons. The van der Waals surface area contributed by atoms with Gasteiger partial charge in [-0.3, -0.25) is 0 Å². The summed E-state index contributed by atoms with van der Waals surface area (Å²) in [6.45, 7) is 2.37. The summed E-state index contributed by atoms with van der Waals surface area (Å²) >= 11 is 10.1. The molecule has 1 heterocycles. The molecular formula is C11H17BrClNO2S2. The van der Waals surface area contributed by atoms with Crippen molar-refractivity contribution in [2.24, 2.45) is 0 Å². The third-order valence-electron chi connectivity index (χ3n) is 2.45. The van der Waals surface area contributed by atoms with Crippen LogP contribution in [0.2, 0.25) is 0 Å². The molecule has 0 aliphatic heterocycles. The van der Waals surface area contributed by atoms with Crippen molar-refractivity contribution in [3.05, 3.63) is 15.4 Å². The van der Waals surface area contributed by atoms with E-state index >= 15 is 0 Å². The number of thiophene rings is 1. The van der Waals surface area contributed by atoms with Crippen molar-refractivity contribution < 1.29 is 8.42 Å². The molecular weight excluding hydrogens is 358 g/mol. The normalized spacial score (nSPS) is 11.9. The van der Waals surface area contributed by atoms with Gasteiger partial charge in [0.1, 0.15) is 4.21 Å². The lowest BCUT2D eigenvalue weighted by atomic mass is 10.2. The van der Waals surface area contributed by atoms with E-state index in [1.54, 1.807) is 6.07 Å². The summed E-state index contributed by atoms with van der Waals surface area (Å²) in [6, 6.07) is 1.69. The third kappa shape index (κ3) is 5.17. The van der Waals surface area contributed by atoms with E-state index in [4.69, 9.17) is 11.6 Å². The van der Waals surface area contributed by atoms with Crippen LogP contribution in [0.1, 0.15) is 31.2 Å². The predicted octanol–water partition coefficient (Wildman–Crippen LogP) is 3.90. The highest BCUT2D eigenvalue weighted by Crippen LogP contribution is 2.30. The second kappa shape index (κ2) is 7.85. The van der Waals surface area contributed by atoms with Gasteiger partial charge < -0.3 is 0 Å². The van der Waals surface area contributed by atoms with Crippen LogP contribution in [0.3, 0.4) is 0 Å². The van der Waals surface area contributed by atoms with Gasteiger partial charge in [-0.05, 0) is 47.3 Å². The van der Waals surface area contributed by atoms with Gasteiger partial charge in [0, 0.05) is 12.4 Å². The second-order valence-corrected chi connectivity index (χ2v) is 8.76. The molecule has 1 aromatic rings. The van der Waals surface area contributed by atoms with Crippen molar-refractivity contribution in [1.82, 2.24) is 4.72 Å². The van der Waals surface area contributed by atoms with E-state index < -0.39 is 10.0 Å². The third-order valence-corrected chi connectivity index (χ3v) is 6.79. The maximum Gasteiger partial charge on any atom is 0.250 e. The summed E-state index contributed by atoms with van der Waals surface area (Å²) in [7, 11) is -3.34. The SMILES string of the molecule is Cc1cc(S(=O)(=O)NCCCCCCCl)sc1Br. The van der Waals surface area contributed by atoms with Gasteiger partial charge in [0.15, 0.2) is 0 Å². The minimum Gasteiger partial charge on any atom is -0.210 e. The van der Waals surface area contributed by atoms with E-state index in [0.29, 0.717) is 16.6 Å². The van der Waals surface area contributed by atoms with E-state index in [-0.39, 0.29) is 0 Å². The summed E-state index contributed by atoms with van der Waals surface area (Å²) in [5.74, 6) is 0.675. The smallest absolute Gasteiger partial charge is 0.210 e. The van der Waals surface area contributed by atoms with Crippen LogP contribution in [-0.4, -0.2) is 20.8 Å². The molecule has 7 heteroatoms. The van der Waals surface area contributed by atoms with E-state index in [2.05, 4.69) is 20.7 Å². The summed E-state index contributed by atoms with van der Waals surface area (Å²) in [4.78, 5) is 0.